The van der Waals surface area contributed by atoms with Crippen LogP contribution in [0.3, 0.4) is 0 Å². The van der Waals surface area contributed by atoms with E-state index in [0.717, 1.165) is 39.1 Å². The lowest BCUT2D eigenvalue weighted by atomic mass is 9.96. The van der Waals surface area contributed by atoms with E-state index in [9.17, 15) is 4.79 Å². The van der Waals surface area contributed by atoms with Crippen molar-refractivity contribution < 1.29 is 4.79 Å². The molecule has 2 fully saturated rings. The molecule has 0 radical (unpaired) electrons. The van der Waals surface area contributed by atoms with Crippen LogP contribution in [0.5, 0.6) is 0 Å². The zero-order chi connectivity index (χ0) is 14.0. The van der Waals surface area contributed by atoms with Gasteiger partial charge in [0.2, 0.25) is 5.91 Å². The average molecular weight is 267 g/mol. The summed E-state index contributed by atoms with van der Waals surface area (Å²) in [4.78, 5) is 17.4. The van der Waals surface area contributed by atoms with Gasteiger partial charge in [-0.05, 0) is 32.6 Å². The predicted molar refractivity (Wildman–Crippen MR) is 78.1 cm³/mol. The number of carbonyl (C=O) groups excluding carboxylic acids is 1. The van der Waals surface area contributed by atoms with Crippen LogP contribution in [0.15, 0.2) is 0 Å². The summed E-state index contributed by atoms with van der Waals surface area (Å²) < 4.78 is 0. The maximum atomic E-state index is 12.9. The van der Waals surface area contributed by atoms with Gasteiger partial charge in [-0.25, -0.2) is 0 Å². The molecule has 0 aromatic carbocycles. The number of nitrogens with zero attached hydrogens (tertiary/aromatic N) is 2. The Bertz CT molecular complexity index is 321. The van der Waals surface area contributed by atoms with Gasteiger partial charge in [-0.1, -0.05) is 13.8 Å². The van der Waals surface area contributed by atoms with Gasteiger partial charge in [-0.3, -0.25) is 9.69 Å². The van der Waals surface area contributed by atoms with Gasteiger partial charge in [-0.2, -0.15) is 0 Å². The monoisotopic (exact) mass is 267 g/mol. The Hall–Kier alpha value is -0.610. The van der Waals surface area contributed by atoms with E-state index in [-0.39, 0.29) is 5.54 Å². The summed E-state index contributed by atoms with van der Waals surface area (Å²) in [6.07, 6.45) is 2.33. The van der Waals surface area contributed by atoms with Crippen molar-refractivity contribution in [1.82, 2.24) is 15.1 Å². The molecule has 2 saturated heterocycles. The number of rotatable bonds is 3. The molecule has 0 spiro atoms. The molecule has 1 N–H and O–H groups in total. The third-order valence-electron chi connectivity index (χ3n) is 4.76. The van der Waals surface area contributed by atoms with E-state index >= 15 is 0 Å². The molecule has 2 aliphatic rings. The normalized spacial score (nSPS) is 26.2. The van der Waals surface area contributed by atoms with Gasteiger partial charge >= 0.3 is 0 Å². The van der Waals surface area contributed by atoms with Crippen molar-refractivity contribution in [2.45, 2.75) is 52.1 Å². The van der Waals surface area contributed by atoms with Gasteiger partial charge in [0.05, 0.1) is 5.54 Å². The Morgan fingerprint density at radius 1 is 1.21 bits per heavy atom. The van der Waals surface area contributed by atoms with Gasteiger partial charge in [0.1, 0.15) is 0 Å². The highest BCUT2D eigenvalue weighted by molar-refractivity contribution is 5.86. The van der Waals surface area contributed by atoms with E-state index in [1.54, 1.807) is 0 Å². The largest absolute Gasteiger partial charge is 0.338 e. The number of likely N-dealkylation sites (tertiary alicyclic amines) is 1. The van der Waals surface area contributed by atoms with Crippen LogP contribution in [-0.2, 0) is 4.79 Å². The minimum Gasteiger partial charge on any atom is -0.338 e. The maximum Gasteiger partial charge on any atom is 0.242 e. The zero-order valence-electron chi connectivity index (χ0n) is 12.9. The van der Waals surface area contributed by atoms with Crippen LogP contribution in [0.2, 0.25) is 0 Å². The first kappa shape index (κ1) is 14.8. The number of nitrogens with one attached hydrogen (secondary N) is 1. The van der Waals surface area contributed by atoms with Crippen LogP contribution in [-0.4, -0.2) is 60.0 Å². The molecule has 0 aromatic heterocycles. The number of amides is 1. The highest BCUT2D eigenvalue weighted by Gasteiger charge is 2.42. The first-order chi connectivity index (χ1) is 8.94. The molecule has 4 nitrogen and oxygen atoms in total. The van der Waals surface area contributed by atoms with E-state index in [1.165, 1.54) is 6.42 Å². The van der Waals surface area contributed by atoms with Crippen molar-refractivity contribution in [2.75, 3.05) is 32.7 Å². The predicted octanol–water partition coefficient (Wildman–Crippen LogP) is 1.32. The molecule has 2 aliphatic heterocycles. The van der Waals surface area contributed by atoms with Crippen LogP contribution in [0, 0.1) is 5.92 Å². The minimum atomic E-state index is -0.362. The highest BCUT2D eigenvalue weighted by atomic mass is 16.2. The molecular formula is C15H29N3O. The quantitative estimate of drug-likeness (QED) is 0.837. The van der Waals surface area contributed by atoms with Crippen molar-refractivity contribution >= 4 is 5.91 Å². The number of hydrogen-bond acceptors (Lipinski definition) is 3. The van der Waals surface area contributed by atoms with Crippen molar-refractivity contribution in [1.29, 1.82) is 0 Å². The molecule has 2 heterocycles. The maximum absolute atomic E-state index is 12.9. The summed E-state index contributed by atoms with van der Waals surface area (Å²) in [6, 6.07) is 0.440. The van der Waals surface area contributed by atoms with E-state index < -0.39 is 0 Å². The van der Waals surface area contributed by atoms with Gasteiger partial charge in [0.15, 0.2) is 0 Å². The Kier molecular flexibility index (Phi) is 4.51. The summed E-state index contributed by atoms with van der Waals surface area (Å²) in [6.45, 7) is 13.5. The molecule has 1 unspecified atom stereocenters. The fraction of sp³-hybridized carbons (Fsp3) is 0.933. The van der Waals surface area contributed by atoms with Crippen molar-refractivity contribution in [3.8, 4) is 0 Å². The molecule has 2 rings (SSSR count). The summed E-state index contributed by atoms with van der Waals surface area (Å²) in [7, 11) is 0. The third-order valence-corrected chi connectivity index (χ3v) is 4.76. The standard InChI is InChI=1S/C15H29N3O/c1-12(2)13-6-5-9-18(13)14(19)15(3,4)17-10-7-16-8-11-17/h12-13,16H,5-11H2,1-4H3. The lowest BCUT2D eigenvalue weighted by Crippen LogP contribution is -2.61. The fourth-order valence-electron chi connectivity index (χ4n) is 3.45. The Morgan fingerprint density at radius 2 is 1.84 bits per heavy atom. The lowest BCUT2D eigenvalue weighted by Gasteiger charge is -2.43. The smallest absolute Gasteiger partial charge is 0.242 e. The third kappa shape index (κ3) is 2.95. The molecule has 4 heteroatoms. The van der Waals surface area contributed by atoms with Crippen LogP contribution < -0.4 is 5.32 Å². The van der Waals surface area contributed by atoms with Crippen molar-refractivity contribution in [3.63, 3.8) is 0 Å². The van der Waals surface area contributed by atoms with Gasteiger partial charge in [-0.15, -0.1) is 0 Å². The van der Waals surface area contributed by atoms with E-state index in [4.69, 9.17) is 0 Å². The lowest BCUT2D eigenvalue weighted by molar-refractivity contribution is -0.144. The second-order valence-electron chi connectivity index (χ2n) is 6.75. The summed E-state index contributed by atoms with van der Waals surface area (Å²) >= 11 is 0. The van der Waals surface area contributed by atoms with Gasteiger partial charge < -0.3 is 10.2 Å². The summed E-state index contributed by atoms with van der Waals surface area (Å²) in [5, 5.41) is 3.36. The van der Waals surface area contributed by atoms with Gasteiger partial charge in [0.25, 0.3) is 0 Å². The number of hydrogen-bond donors (Lipinski definition) is 1. The van der Waals surface area contributed by atoms with Crippen LogP contribution in [0.25, 0.3) is 0 Å². The van der Waals surface area contributed by atoms with E-state index in [2.05, 4.69) is 42.8 Å². The molecular weight excluding hydrogens is 238 g/mol. The molecule has 1 atom stereocenters. The van der Waals surface area contributed by atoms with Crippen LogP contribution in [0.4, 0.5) is 0 Å². The van der Waals surface area contributed by atoms with E-state index in [0.29, 0.717) is 17.9 Å². The minimum absolute atomic E-state index is 0.325. The summed E-state index contributed by atoms with van der Waals surface area (Å²) in [5.74, 6) is 0.885. The number of piperazine rings is 1. The number of carbonyl (C=O) groups is 1. The molecule has 1 amide bonds. The van der Waals surface area contributed by atoms with Gasteiger partial charge in [0, 0.05) is 38.8 Å². The van der Waals surface area contributed by atoms with Crippen LogP contribution in [0.1, 0.15) is 40.5 Å². The molecule has 19 heavy (non-hydrogen) atoms. The summed E-state index contributed by atoms with van der Waals surface area (Å²) in [5.41, 5.74) is -0.362. The molecule has 0 aromatic rings. The topological polar surface area (TPSA) is 35.6 Å². The molecule has 110 valence electrons. The SMILES string of the molecule is CC(C)C1CCCN1C(=O)C(C)(C)N1CCNCC1. The molecule has 0 aliphatic carbocycles. The molecule has 0 bridgehead atoms. The Morgan fingerprint density at radius 3 is 2.42 bits per heavy atom. The first-order valence-corrected chi connectivity index (χ1v) is 7.71. The Labute approximate surface area is 117 Å². The molecule has 0 saturated carbocycles. The average Bonchev–Trinajstić information content (AvgIpc) is 2.88. The Balaban J connectivity index is 2.08. The first-order valence-electron chi connectivity index (χ1n) is 7.71. The van der Waals surface area contributed by atoms with Crippen molar-refractivity contribution in [3.05, 3.63) is 0 Å². The second kappa shape index (κ2) is 5.80. The zero-order valence-corrected chi connectivity index (χ0v) is 12.9. The second-order valence-corrected chi connectivity index (χ2v) is 6.75. The van der Waals surface area contributed by atoms with E-state index in [1.807, 2.05) is 0 Å². The van der Waals surface area contributed by atoms with Crippen molar-refractivity contribution in [2.24, 2.45) is 5.92 Å². The highest BCUT2D eigenvalue weighted by Crippen LogP contribution is 2.28. The van der Waals surface area contributed by atoms with Crippen LogP contribution >= 0.6 is 0 Å². The fourth-order valence-corrected chi connectivity index (χ4v) is 3.45.